The SMILES string of the molecule is CC(O)[C@@H](N)c1c(F)cc(Br)cc1Br. The van der Waals surface area contributed by atoms with Crippen LogP contribution in [0, 0.1) is 5.82 Å². The maximum atomic E-state index is 13.5. The Morgan fingerprint density at radius 3 is 2.43 bits per heavy atom. The van der Waals surface area contributed by atoms with Gasteiger partial charge in [0.1, 0.15) is 5.82 Å². The number of nitrogens with two attached hydrogens (primary N) is 1. The highest BCUT2D eigenvalue weighted by atomic mass is 79.9. The van der Waals surface area contributed by atoms with Gasteiger partial charge in [-0.05, 0) is 19.1 Å². The van der Waals surface area contributed by atoms with Gasteiger partial charge in [0.05, 0.1) is 12.1 Å². The molecule has 0 amide bonds. The van der Waals surface area contributed by atoms with Crippen molar-refractivity contribution >= 4 is 31.9 Å². The Balaban J connectivity index is 3.20. The fourth-order valence-electron chi connectivity index (χ4n) is 1.11. The summed E-state index contributed by atoms with van der Waals surface area (Å²) in [7, 11) is 0. The Morgan fingerprint density at radius 2 is 2.00 bits per heavy atom. The second-order valence-corrected chi connectivity index (χ2v) is 4.82. The molecule has 0 saturated carbocycles. The van der Waals surface area contributed by atoms with Crippen molar-refractivity contribution in [1.82, 2.24) is 0 Å². The molecule has 0 aliphatic heterocycles. The smallest absolute Gasteiger partial charge is 0.130 e. The van der Waals surface area contributed by atoms with Gasteiger partial charge in [0.25, 0.3) is 0 Å². The third-order valence-corrected chi connectivity index (χ3v) is 3.01. The minimum Gasteiger partial charge on any atom is -0.391 e. The van der Waals surface area contributed by atoms with E-state index in [1.54, 1.807) is 6.07 Å². The van der Waals surface area contributed by atoms with Crippen molar-refractivity contribution in [2.24, 2.45) is 5.73 Å². The molecule has 0 spiro atoms. The lowest BCUT2D eigenvalue weighted by Crippen LogP contribution is -2.24. The molecule has 0 saturated heterocycles. The van der Waals surface area contributed by atoms with Crippen LogP contribution in [0.25, 0.3) is 0 Å². The normalized spacial score (nSPS) is 15.3. The molecule has 1 aromatic carbocycles. The van der Waals surface area contributed by atoms with Crippen LogP contribution in [0.1, 0.15) is 18.5 Å². The molecule has 2 nitrogen and oxygen atoms in total. The zero-order chi connectivity index (χ0) is 10.9. The van der Waals surface area contributed by atoms with Gasteiger partial charge < -0.3 is 10.8 Å². The molecule has 0 heterocycles. The molecule has 2 atom stereocenters. The number of halogens is 3. The highest BCUT2D eigenvalue weighted by molar-refractivity contribution is 9.11. The van der Waals surface area contributed by atoms with E-state index in [1.165, 1.54) is 13.0 Å². The van der Waals surface area contributed by atoms with Crippen LogP contribution >= 0.6 is 31.9 Å². The van der Waals surface area contributed by atoms with Crippen molar-refractivity contribution in [1.29, 1.82) is 0 Å². The molecular formula is C9H10Br2FNO. The van der Waals surface area contributed by atoms with E-state index >= 15 is 0 Å². The fourth-order valence-corrected chi connectivity index (χ4v) is 2.55. The molecule has 14 heavy (non-hydrogen) atoms. The largest absolute Gasteiger partial charge is 0.391 e. The monoisotopic (exact) mass is 325 g/mol. The summed E-state index contributed by atoms with van der Waals surface area (Å²) in [6, 6.07) is 2.29. The van der Waals surface area contributed by atoms with Crippen LogP contribution in [-0.2, 0) is 0 Å². The maximum Gasteiger partial charge on any atom is 0.130 e. The van der Waals surface area contributed by atoms with Gasteiger partial charge in [-0.3, -0.25) is 0 Å². The molecule has 0 fully saturated rings. The first-order chi connectivity index (χ1) is 6.43. The lowest BCUT2D eigenvalue weighted by molar-refractivity contribution is 0.162. The van der Waals surface area contributed by atoms with E-state index in [4.69, 9.17) is 5.73 Å². The Bertz CT molecular complexity index is 321. The molecule has 0 bridgehead atoms. The maximum absolute atomic E-state index is 13.5. The van der Waals surface area contributed by atoms with E-state index < -0.39 is 18.0 Å². The van der Waals surface area contributed by atoms with Crippen molar-refractivity contribution in [2.45, 2.75) is 19.1 Å². The molecule has 1 aromatic rings. The topological polar surface area (TPSA) is 46.2 Å². The third-order valence-electron chi connectivity index (χ3n) is 1.90. The van der Waals surface area contributed by atoms with Gasteiger partial charge in [-0.25, -0.2) is 4.39 Å². The minimum absolute atomic E-state index is 0.295. The minimum atomic E-state index is -0.790. The Labute approximate surface area is 98.6 Å². The molecule has 5 heteroatoms. The molecule has 0 aromatic heterocycles. The summed E-state index contributed by atoms with van der Waals surface area (Å²) in [4.78, 5) is 0. The molecule has 0 aliphatic carbocycles. The lowest BCUT2D eigenvalue weighted by Gasteiger charge is -2.17. The van der Waals surface area contributed by atoms with Gasteiger partial charge in [0.2, 0.25) is 0 Å². The number of aliphatic hydroxyl groups is 1. The summed E-state index contributed by atoms with van der Waals surface area (Å²) in [5.74, 6) is -0.431. The zero-order valence-electron chi connectivity index (χ0n) is 7.47. The van der Waals surface area contributed by atoms with Crippen molar-refractivity contribution in [3.63, 3.8) is 0 Å². The van der Waals surface area contributed by atoms with Crippen molar-refractivity contribution in [3.8, 4) is 0 Å². The van der Waals surface area contributed by atoms with Gasteiger partial charge in [-0.1, -0.05) is 31.9 Å². The first-order valence-corrected chi connectivity index (χ1v) is 5.60. The van der Waals surface area contributed by atoms with E-state index in [1.807, 2.05) is 0 Å². The molecular weight excluding hydrogens is 317 g/mol. The third kappa shape index (κ3) is 2.53. The first kappa shape index (κ1) is 12.1. The van der Waals surface area contributed by atoms with E-state index in [0.717, 1.165) is 0 Å². The van der Waals surface area contributed by atoms with Crippen LogP contribution in [-0.4, -0.2) is 11.2 Å². The van der Waals surface area contributed by atoms with Gasteiger partial charge in [-0.2, -0.15) is 0 Å². The summed E-state index contributed by atoms with van der Waals surface area (Å²) in [5.41, 5.74) is 5.95. The van der Waals surface area contributed by atoms with Crippen LogP contribution in [0.3, 0.4) is 0 Å². The van der Waals surface area contributed by atoms with Gasteiger partial charge in [0.15, 0.2) is 0 Å². The van der Waals surface area contributed by atoms with E-state index in [0.29, 0.717) is 14.5 Å². The molecule has 78 valence electrons. The molecule has 1 unspecified atom stereocenters. The van der Waals surface area contributed by atoms with Gasteiger partial charge in [-0.15, -0.1) is 0 Å². The van der Waals surface area contributed by atoms with Crippen molar-refractivity contribution in [2.75, 3.05) is 0 Å². The Hall–Kier alpha value is 0.0300. The average Bonchev–Trinajstić information content (AvgIpc) is 2.01. The van der Waals surface area contributed by atoms with Gasteiger partial charge >= 0.3 is 0 Å². The highest BCUT2D eigenvalue weighted by Gasteiger charge is 2.19. The fraction of sp³-hybridized carbons (Fsp3) is 0.333. The van der Waals surface area contributed by atoms with E-state index in [-0.39, 0.29) is 0 Å². The van der Waals surface area contributed by atoms with Crippen LogP contribution in [0.4, 0.5) is 4.39 Å². The van der Waals surface area contributed by atoms with Crippen molar-refractivity contribution < 1.29 is 9.50 Å². The number of rotatable bonds is 2. The summed E-state index contributed by atoms with van der Waals surface area (Å²) >= 11 is 6.37. The second-order valence-electron chi connectivity index (χ2n) is 3.05. The van der Waals surface area contributed by atoms with E-state index in [2.05, 4.69) is 31.9 Å². The lowest BCUT2D eigenvalue weighted by atomic mass is 10.0. The highest BCUT2D eigenvalue weighted by Crippen LogP contribution is 2.30. The molecule has 0 aliphatic rings. The Morgan fingerprint density at radius 1 is 1.43 bits per heavy atom. The van der Waals surface area contributed by atoms with Crippen LogP contribution in [0.5, 0.6) is 0 Å². The predicted octanol–water partition coefficient (Wildman–Crippen LogP) is 2.73. The van der Waals surface area contributed by atoms with Crippen molar-refractivity contribution in [3.05, 3.63) is 32.5 Å². The standard InChI is InChI=1S/C9H10Br2FNO/c1-4(14)9(13)8-6(11)2-5(10)3-7(8)12/h2-4,9,14H,13H2,1H3/t4?,9-/m1/s1. The quantitative estimate of drug-likeness (QED) is 0.877. The van der Waals surface area contributed by atoms with Crippen LogP contribution in [0.15, 0.2) is 21.1 Å². The van der Waals surface area contributed by atoms with Crippen LogP contribution < -0.4 is 5.73 Å². The zero-order valence-corrected chi connectivity index (χ0v) is 10.6. The van der Waals surface area contributed by atoms with Crippen LogP contribution in [0.2, 0.25) is 0 Å². The number of hydrogen-bond acceptors (Lipinski definition) is 2. The summed E-state index contributed by atoms with van der Waals surface area (Å²) in [5, 5.41) is 9.27. The number of aliphatic hydroxyl groups excluding tert-OH is 1. The van der Waals surface area contributed by atoms with Gasteiger partial charge in [0, 0.05) is 14.5 Å². The average molecular weight is 327 g/mol. The summed E-state index contributed by atoms with van der Waals surface area (Å²) in [6.45, 7) is 1.53. The predicted molar refractivity (Wildman–Crippen MR) is 60.4 cm³/mol. The Kier molecular flexibility index (Phi) is 4.06. The van der Waals surface area contributed by atoms with E-state index in [9.17, 15) is 9.50 Å². The second kappa shape index (κ2) is 4.70. The number of hydrogen-bond donors (Lipinski definition) is 2. The number of benzene rings is 1. The molecule has 0 radical (unpaired) electrons. The summed E-state index contributed by atoms with van der Waals surface area (Å²) in [6.07, 6.45) is -0.790. The first-order valence-electron chi connectivity index (χ1n) is 4.01. The molecule has 3 N–H and O–H groups in total. The summed E-state index contributed by atoms with van der Waals surface area (Å²) < 4.78 is 14.7. The molecule has 1 rings (SSSR count).